The number of nitrogens with zero attached hydrogens (tertiary/aromatic N) is 2. The molecule has 1 atom stereocenters. The van der Waals surface area contributed by atoms with Crippen LogP contribution in [0.3, 0.4) is 0 Å². The first-order chi connectivity index (χ1) is 12.0. The summed E-state index contributed by atoms with van der Waals surface area (Å²) in [6.07, 6.45) is 0. The molecule has 2 heterocycles. The summed E-state index contributed by atoms with van der Waals surface area (Å²) < 4.78 is 7.55. The van der Waals surface area contributed by atoms with Crippen LogP contribution in [-0.2, 0) is 6.54 Å². The minimum Gasteiger partial charge on any atom is -0.454 e. The van der Waals surface area contributed by atoms with Crippen molar-refractivity contribution in [3.05, 3.63) is 77.0 Å². The fourth-order valence-corrected chi connectivity index (χ4v) is 2.80. The number of aromatic nitrogens is 2. The monoisotopic (exact) mass is 337 g/mol. The maximum atomic E-state index is 12.3. The molecule has 0 radical (unpaired) electrons. The fourth-order valence-electron chi connectivity index (χ4n) is 2.80. The van der Waals surface area contributed by atoms with Gasteiger partial charge >= 0.3 is 0 Å². The maximum Gasteiger partial charge on any atom is 0.287 e. The van der Waals surface area contributed by atoms with Gasteiger partial charge in [-0.15, -0.1) is 0 Å². The summed E-state index contributed by atoms with van der Waals surface area (Å²) in [5, 5.41) is 7.34. The molecule has 0 saturated heterocycles. The van der Waals surface area contributed by atoms with E-state index in [1.807, 2.05) is 48.9 Å². The van der Waals surface area contributed by atoms with Crippen molar-refractivity contribution in [3.8, 4) is 0 Å². The summed E-state index contributed by atoms with van der Waals surface area (Å²) in [6, 6.07) is 15.7. The molecular weight excluding hydrogens is 314 g/mol. The van der Waals surface area contributed by atoms with Gasteiger partial charge in [-0.1, -0.05) is 37.3 Å². The van der Waals surface area contributed by atoms with Crippen molar-refractivity contribution < 1.29 is 9.21 Å². The molecule has 5 heteroatoms. The van der Waals surface area contributed by atoms with Crippen LogP contribution in [0.5, 0.6) is 0 Å². The number of nitrogens with one attached hydrogen (secondary N) is 1. The first-order valence-corrected chi connectivity index (χ1v) is 8.46. The predicted molar refractivity (Wildman–Crippen MR) is 96.7 cm³/mol. The second-order valence-electron chi connectivity index (χ2n) is 6.37. The van der Waals surface area contributed by atoms with Gasteiger partial charge in [0.2, 0.25) is 0 Å². The van der Waals surface area contributed by atoms with Crippen molar-refractivity contribution in [2.24, 2.45) is 0 Å². The summed E-state index contributed by atoms with van der Waals surface area (Å²) in [4.78, 5) is 12.3. The minimum atomic E-state index is -0.192. The van der Waals surface area contributed by atoms with E-state index in [1.54, 1.807) is 6.07 Å². The van der Waals surface area contributed by atoms with E-state index in [1.165, 1.54) is 5.56 Å². The molecular formula is C20H23N3O2. The molecule has 0 unspecified atom stereocenters. The highest BCUT2D eigenvalue weighted by atomic mass is 16.4. The van der Waals surface area contributed by atoms with Crippen LogP contribution < -0.4 is 5.32 Å². The molecule has 130 valence electrons. The normalized spacial score (nSPS) is 12.1. The summed E-state index contributed by atoms with van der Waals surface area (Å²) in [5.74, 6) is 1.10. The van der Waals surface area contributed by atoms with Crippen molar-refractivity contribution in [3.63, 3.8) is 0 Å². The number of hydrogen-bond donors (Lipinski definition) is 1. The van der Waals surface area contributed by atoms with Gasteiger partial charge in [-0.3, -0.25) is 9.48 Å². The SMILES string of the molecule is Cc1cc(C)n(Cc2ccc(C(=O)NC[C@@H](C)c3ccccc3)o2)n1. The lowest BCUT2D eigenvalue weighted by molar-refractivity contribution is 0.0922. The highest BCUT2D eigenvalue weighted by molar-refractivity contribution is 5.91. The first kappa shape index (κ1) is 17.0. The molecule has 0 fully saturated rings. The van der Waals surface area contributed by atoms with Gasteiger partial charge in [0, 0.05) is 12.2 Å². The summed E-state index contributed by atoms with van der Waals surface area (Å²) in [5.41, 5.74) is 3.24. The molecule has 1 N–H and O–H groups in total. The third-order valence-corrected chi connectivity index (χ3v) is 4.23. The van der Waals surface area contributed by atoms with Crippen molar-refractivity contribution in [1.82, 2.24) is 15.1 Å². The Morgan fingerprint density at radius 3 is 2.64 bits per heavy atom. The second kappa shape index (κ2) is 7.38. The smallest absolute Gasteiger partial charge is 0.287 e. The largest absolute Gasteiger partial charge is 0.454 e. The number of carbonyl (C=O) groups excluding carboxylic acids is 1. The number of aryl methyl sites for hydroxylation is 2. The molecule has 0 aliphatic carbocycles. The lowest BCUT2D eigenvalue weighted by Gasteiger charge is -2.12. The molecule has 1 aromatic carbocycles. The van der Waals surface area contributed by atoms with Gasteiger partial charge in [0.1, 0.15) is 5.76 Å². The third kappa shape index (κ3) is 4.18. The van der Waals surface area contributed by atoms with Crippen molar-refractivity contribution in [1.29, 1.82) is 0 Å². The Bertz CT molecular complexity index is 849. The maximum absolute atomic E-state index is 12.3. The van der Waals surface area contributed by atoms with Gasteiger partial charge in [0.25, 0.3) is 5.91 Å². The van der Waals surface area contributed by atoms with E-state index in [0.29, 0.717) is 24.6 Å². The number of carbonyl (C=O) groups is 1. The molecule has 0 bridgehead atoms. The Balaban J connectivity index is 1.58. The highest BCUT2D eigenvalue weighted by Crippen LogP contribution is 2.15. The van der Waals surface area contributed by atoms with Crippen molar-refractivity contribution in [2.45, 2.75) is 33.2 Å². The molecule has 0 saturated carbocycles. The highest BCUT2D eigenvalue weighted by Gasteiger charge is 2.14. The molecule has 2 aromatic heterocycles. The Kier molecular flexibility index (Phi) is 5.03. The number of amides is 1. The third-order valence-electron chi connectivity index (χ3n) is 4.23. The first-order valence-electron chi connectivity index (χ1n) is 8.46. The standard InChI is InChI=1S/C20H23N3O2/c1-14(17-7-5-4-6-8-17)12-21-20(24)19-10-9-18(25-19)13-23-16(3)11-15(2)22-23/h4-11,14H,12-13H2,1-3H3,(H,21,24)/t14-/m1/s1. The summed E-state index contributed by atoms with van der Waals surface area (Å²) >= 11 is 0. The van der Waals surface area contributed by atoms with E-state index < -0.39 is 0 Å². The number of furan rings is 1. The van der Waals surface area contributed by atoms with E-state index in [-0.39, 0.29) is 11.8 Å². The number of rotatable bonds is 6. The van der Waals surface area contributed by atoms with Crippen LogP contribution in [0.15, 0.2) is 52.9 Å². The van der Waals surface area contributed by atoms with E-state index in [4.69, 9.17) is 4.42 Å². The van der Waals surface area contributed by atoms with Gasteiger partial charge in [-0.2, -0.15) is 5.10 Å². The minimum absolute atomic E-state index is 0.192. The zero-order valence-corrected chi connectivity index (χ0v) is 14.8. The average molecular weight is 337 g/mol. The molecule has 5 nitrogen and oxygen atoms in total. The number of hydrogen-bond acceptors (Lipinski definition) is 3. The van der Waals surface area contributed by atoms with Crippen LogP contribution in [0.1, 0.15) is 46.1 Å². The quantitative estimate of drug-likeness (QED) is 0.746. The average Bonchev–Trinajstić information content (AvgIpc) is 3.20. The Morgan fingerprint density at radius 2 is 1.96 bits per heavy atom. The van der Waals surface area contributed by atoms with Crippen LogP contribution >= 0.6 is 0 Å². The van der Waals surface area contributed by atoms with Crippen LogP contribution in [-0.4, -0.2) is 22.2 Å². The Hall–Kier alpha value is -2.82. The molecule has 0 aliphatic heterocycles. The van der Waals surface area contributed by atoms with Gasteiger partial charge < -0.3 is 9.73 Å². The topological polar surface area (TPSA) is 60.1 Å². The zero-order valence-electron chi connectivity index (χ0n) is 14.8. The van der Waals surface area contributed by atoms with Crippen molar-refractivity contribution >= 4 is 5.91 Å². The van der Waals surface area contributed by atoms with Gasteiger partial charge in [-0.25, -0.2) is 0 Å². The number of benzene rings is 1. The van der Waals surface area contributed by atoms with E-state index in [2.05, 4.69) is 29.5 Å². The van der Waals surface area contributed by atoms with E-state index >= 15 is 0 Å². The molecule has 3 rings (SSSR count). The summed E-state index contributed by atoms with van der Waals surface area (Å²) in [6.45, 7) is 7.13. The molecule has 0 aliphatic rings. The lowest BCUT2D eigenvalue weighted by Crippen LogP contribution is -2.27. The second-order valence-corrected chi connectivity index (χ2v) is 6.37. The van der Waals surface area contributed by atoms with Crippen LogP contribution in [0, 0.1) is 13.8 Å². The Morgan fingerprint density at radius 1 is 1.20 bits per heavy atom. The van der Waals surface area contributed by atoms with Crippen LogP contribution in [0.25, 0.3) is 0 Å². The van der Waals surface area contributed by atoms with E-state index in [0.717, 1.165) is 11.4 Å². The Labute approximate surface area is 147 Å². The summed E-state index contributed by atoms with van der Waals surface area (Å²) in [7, 11) is 0. The van der Waals surface area contributed by atoms with Crippen LogP contribution in [0.2, 0.25) is 0 Å². The lowest BCUT2D eigenvalue weighted by atomic mass is 10.0. The van der Waals surface area contributed by atoms with Gasteiger partial charge in [-0.05, 0) is 43.5 Å². The molecule has 25 heavy (non-hydrogen) atoms. The molecule has 3 aromatic rings. The fraction of sp³-hybridized carbons (Fsp3) is 0.300. The van der Waals surface area contributed by atoms with Gasteiger partial charge in [0.05, 0.1) is 12.2 Å². The predicted octanol–water partition coefficient (Wildman–Crippen LogP) is 3.67. The van der Waals surface area contributed by atoms with Gasteiger partial charge in [0.15, 0.2) is 5.76 Å². The van der Waals surface area contributed by atoms with Crippen molar-refractivity contribution in [2.75, 3.05) is 6.54 Å². The van der Waals surface area contributed by atoms with Crippen LogP contribution in [0.4, 0.5) is 0 Å². The molecule has 1 amide bonds. The zero-order chi connectivity index (χ0) is 17.8. The van der Waals surface area contributed by atoms with E-state index in [9.17, 15) is 4.79 Å². The molecule has 0 spiro atoms.